The molecule has 0 fully saturated rings. The number of carbonyl (C=O) groups excluding carboxylic acids is 1. The first-order valence-electron chi connectivity index (χ1n) is 9.32. The third-order valence-corrected chi connectivity index (χ3v) is 6.37. The van der Waals surface area contributed by atoms with Gasteiger partial charge in [-0.2, -0.15) is 30.7 Å². The van der Waals surface area contributed by atoms with Gasteiger partial charge in [-0.15, -0.1) is 18.3 Å². The Balaban J connectivity index is 2.14. The fourth-order valence-corrected chi connectivity index (χ4v) is 4.66. The third-order valence-electron chi connectivity index (χ3n) is 4.38. The number of ether oxygens (including phenoxy) is 1. The van der Waals surface area contributed by atoms with Crippen LogP contribution in [-0.4, -0.2) is 37.7 Å². The molecule has 200 valence electrons. The van der Waals surface area contributed by atoms with E-state index in [0.29, 0.717) is 30.5 Å². The third kappa shape index (κ3) is 6.33. The largest absolute Gasteiger partial charge is 0.573 e. The first kappa shape index (κ1) is 28.2. The fraction of sp³-hybridized carbons (Fsp3) is 0.211. The lowest BCUT2D eigenvalue weighted by atomic mass is 10.2. The van der Waals surface area contributed by atoms with E-state index >= 15 is 0 Å². The zero-order valence-corrected chi connectivity index (χ0v) is 19.3. The summed E-state index contributed by atoms with van der Waals surface area (Å²) in [5, 5.41) is 5.48. The van der Waals surface area contributed by atoms with Crippen molar-refractivity contribution in [3.05, 3.63) is 64.4 Å². The van der Waals surface area contributed by atoms with Crippen LogP contribution in [-0.2, 0) is 22.1 Å². The molecule has 0 radical (unpaired) electrons. The van der Waals surface area contributed by atoms with Gasteiger partial charge in [-0.25, -0.2) is 8.89 Å². The Hall–Kier alpha value is -3.34. The van der Waals surface area contributed by atoms with Gasteiger partial charge in [0.25, 0.3) is 0 Å². The van der Waals surface area contributed by atoms with Crippen molar-refractivity contribution in [3.8, 4) is 11.4 Å². The van der Waals surface area contributed by atoms with Crippen molar-refractivity contribution in [2.75, 3.05) is 6.26 Å². The summed E-state index contributed by atoms with van der Waals surface area (Å²) >= 11 is 5.79. The summed E-state index contributed by atoms with van der Waals surface area (Å²) in [6.07, 6.45) is -14.9. The average Bonchev–Trinajstić information content (AvgIpc) is 3.17. The molecule has 0 saturated carbocycles. The number of aromatic nitrogens is 3. The number of halogens is 10. The van der Waals surface area contributed by atoms with Gasteiger partial charge in [-0.05, 0) is 24.3 Å². The topological polar surface area (TPSA) is 86.4 Å². The highest BCUT2D eigenvalue weighted by Gasteiger charge is 2.43. The predicted molar refractivity (Wildman–Crippen MR) is 109 cm³/mol. The van der Waals surface area contributed by atoms with Crippen molar-refractivity contribution in [2.45, 2.75) is 23.6 Å². The molecule has 0 aliphatic carbocycles. The van der Waals surface area contributed by atoms with Crippen molar-refractivity contribution in [1.29, 1.82) is 0 Å². The number of nitrogens with zero attached hydrogens (tertiary/aromatic N) is 4. The molecule has 0 aliphatic heterocycles. The first-order chi connectivity index (χ1) is 16.8. The van der Waals surface area contributed by atoms with Gasteiger partial charge in [0, 0.05) is 12.3 Å². The second-order valence-corrected chi connectivity index (χ2v) is 9.68. The van der Waals surface area contributed by atoms with Gasteiger partial charge in [0.2, 0.25) is 0 Å². The molecule has 0 bridgehead atoms. The molecule has 3 aromatic rings. The molecule has 7 nitrogen and oxygen atoms in total. The molecule has 0 saturated heterocycles. The molecule has 2 aromatic carbocycles. The standard InChI is InChI=1S/C19H10ClF9N4O3S/c1-37(35,13-5-3-2-4-10(13)17(21,22)23)31-16(34)14-15(18(24,25)26)33(32-30-14)12-7-6-9(8-11(12)20)36-19(27,28)29/h2-8H,1H3. The van der Waals surface area contributed by atoms with E-state index in [1.807, 2.05) is 0 Å². The highest BCUT2D eigenvalue weighted by atomic mass is 35.5. The summed E-state index contributed by atoms with van der Waals surface area (Å²) in [6, 6.07) is 5.09. The second-order valence-electron chi connectivity index (χ2n) is 7.05. The zero-order chi connectivity index (χ0) is 28.0. The predicted octanol–water partition coefficient (Wildman–Crippen LogP) is 6.15. The van der Waals surface area contributed by atoms with Crippen LogP contribution >= 0.6 is 11.6 Å². The maximum absolute atomic E-state index is 13.9. The van der Waals surface area contributed by atoms with Crippen molar-refractivity contribution >= 4 is 27.2 Å². The number of amides is 1. The van der Waals surface area contributed by atoms with E-state index < -0.39 is 72.7 Å². The normalized spacial score (nSPS) is 14.2. The summed E-state index contributed by atoms with van der Waals surface area (Å²) < 4.78 is 138. The summed E-state index contributed by atoms with van der Waals surface area (Å²) in [5.41, 5.74) is -5.58. The van der Waals surface area contributed by atoms with Gasteiger partial charge >= 0.3 is 24.6 Å². The molecule has 0 N–H and O–H groups in total. The Labute approximate surface area is 206 Å². The van der Waals surface area contributed by atoms with E-state index in [1.165, 1.54) is 0 Å². The number of hydrogen-bond donors (Lipinski definition) is 0. The molecule has 3 rings (SSSR count). The number of benzene rings is 2. The van der Waals surface area contributed by atoms with Crippen LogP contribution in [0.1, 0.15) is 21.7 Å². The van der Waals surface area contributed by atoms with Gasteiger partial charge in [-0.3, -0.25) is 4.79 Å². The Kier molecular flexibility index (Phi) is 7.26. The minimum Gasteiger partial charge on any atom is -0.406 e. The molecule has 1 amide bonds. The van der Waals surface area contributed by atoms with Crippen molar-refractivity contribution in [2.24, 2.45) is 4.36 Å². The molecule has 0 spiro atoms. The van der Waals surface area contributed by atoms with E-state index in [4.69, 9.17) is 11.6 Å². The molecular formula is C19H10ClF9N4O3S. The Morgan fingerprint density at radius 3 is 2.16 bits per heavy atom. The van der Waals surface area contributed by atoms with Crippen LogP contribution in [0.3, 0.4) is 0 Å². The number of hydrogen-bond acceptors (Lipinski definition) is 5. The van der Waals surface area contributed by atoms with E-state index in [0.717, 1.165) is 18.2 Å². The molecule has 1 unspecified atom stereocenters. The van der Waals surface area contributed by atoms with Crippen LogP contribution in [0.5, 0.6) is 5.75 Å². The maximum Gasteiger partial charge on any atom is 0.573 e. The number of carbonyl (C=O) groups is 1. The van der Waals surface area contributed by atoms with Crippen LogP contribution in [0.2, 0.25) is 5.02 Å². The molecule has 1 atom stereocenters. The minimum atomic E-state index is -5.41. The van der Waals surface area contributed by atoms with E-state index in [-0.39, 0.29) is 4.68 Å². The highest BCUT2D eigenvalue weighted by molar-refractivity contribution is 7.93. The Bertz CT molecular complexity index is 1470. The summed E-state index contributed by atoms with van der Waals surface area (Å²) in [7, 11) is -4.26. The second kappa shape index (κ2) is 9.51. The van der Waals surface area contributed by atoms with Gasteiger partial charge in [-0.1, -0.05) is 28.9 Å². The highest BCUT2D eigenvalue weighted by Crippen LogP contribution is 2.37. The van der Waals surface area contributed by atoms with Crippen LogP contribution in [0.15, 0.2) is 51.7 Å². The maximum atomic E-state index is 13.9. The summed E-state index contributed by atoms with van der Waals surface area (Å²) in [4.78, 5) is 11.6. The van der Waals surface area contributed by atoms with Crippen LogP contribution in [0.25, 0.3) is 5.69 Å². The van der Waals surface area contributed by atoms with Gasteiger partial charge < -0.3 is 4.74 Å². The molecule has 37 heavy (non-hydrogen) atoms. The van der Waals surface area contributed by atoms with E-state index in [9.17, 15) is 48.5 Å². The lowest BCUT2D eigenvalue weighted by molar-refractivity contribution is -0.274. The number of alkyl halides is 9. The quantitative estimate of drug-likeness (QED) is 0.345. The molecule has 1 heterocycles. The summed E-state index contributed by atoms with van der Waals surface area (Å²) in [6.45, 7) is 0. The van der Waals surface area contributed by atoms with E-state index in [1.54, 1.807) is 0 Å². The molecular weight excluding hydrogens is 571 g/mol. The summed E-state index contributed by atoms with van der Waals surface area (Å²) in [5.74, 6) is -2.80. The fourth-order valence-electron chi connectivity index (χ4n) is 2.99. The minimum absolute atomic E-state index is 0.0381. The first-order valence-corrected chi connectivity index (χ1v) is 11.6. The Morgan fingerprint density at radius 2 is 1.62 bits per heavy atom. The SMILES string of the molecule is CS(=O)(=NC(=O)c1nnn(-c2ccc(OC(F)(F)F)cc2Cl)c1C(F)(F)F)c1ccccc1C(F)(F)F. The van der Waals surface area contributed by atoms with Crippen molar-refractivity contribution in [1.82, 2.24) is 15.0 Å². The monoisotopic (exact) mass is 580 g/mol. The molecule has 0 aliphatic rings. The number of rotatable bonds is 4. The zero-order valence-electron chi connectivity index (χ0n) is 17.7. The lowest BCUT2D eigenvalue weighted by Gasteiger charge is -2.14. The Morgan fingerprint density at radius 1 is 1.00 bits per heavy atom. The average molecular weight is 581 g/mol. The van der Waals surface area contributed by atoms with Gasteiger partial charge in [0.05, 0.1) is 30.9 Å². The van der Waals surface area contributed by atoms with Gasteiger partial charge in [0.1, 0.15) is 5.75 Å². The van der Waals surface area contributed by atoms with Crippen molar-refractivity contribution < 1.29 is 53.3 Å². The lowest BCUT2D eigenvalue weighted by Crippen LogP contribution is -2.19. The van der Waals surface area contributed by atoms with Gasteiger partial charge in [0.15, 0.2) is 11.4 Å². The van der Waals surface area contributed by atoms with Crippen LogP contribution in [0.4, 0.5) is 39.5 Å². The van der Waals surface area contributed by atoms with Crippen LogP contribution in [0, 0.1) is 0 Å². The molecule has 1 aromatic heterocycles. The van der Waals surface area contributed by atoms with Crippen LogP contribution < -0.4 is 4.74 Å². The smallest absolute Gasteiger partial charge is 0.406 e. The van der Waals surface area contributed by atoms with E-state index in [2.05, 4.69) is 19.4 Å². The molecule has 18 heteroatoms. The van der Waals surface area contributed by atoms with Crippen molar-refractivity contribution in [3.63, 3.8) is 0 Å².